The van der Waals surface area contributed by atoms with E-state index in [1.807, 2.05) is 0 Å². The average molecular weight is 245 g/mol. The van der Waals surface area contributed by atoms with E-state index < -0.39 is 33.1 Å². The number of hydrogen-bond donors (Lipinski definition) is 0. The van der Waals surface area contributed by atoms with Crippen LogP contribution in [0.4, 0.5) is 7.10 Å². The van der Waals surface area contributed by atoms with Crippen LogP contribution in [0.15, 0.2) is 0 Å². The maximum atomic E-state index is 9.53. The van der Waals surface area contributed by atoms with E-state index in [0.717, 1.165) is 0 Å². The van der Waals surface area contributed by atoms with Crippen molar-refractivity contribution in [1.29, 1.82) is 0 Å². The van der Waals surface area contributed by atoms with Crippen LogP contribution in [0.25, 0.3) is 0 Å². The molecule has 0 N–H and O–H groups in total. The minimum atomic E-state index is -4.11. The molecule has 0 aromatic rings. The van der Waals surface area contributed by atoms with Crippen molar-refractivity contribution < 1.29 is 50.4 Å². The van der Waals surface area contributed by atoms with Gasteiger partial charge in [-0.3, -0.25) is 0 Å². The third-order valence-corrected chi connectivity index (χ3v) is 0. The van der Waals surface area contributed by atoms with E-state index in [1.54, 1.807) is 0 Å². The maximum absolute atomic E-state index is 9.53. The van der Waals surface area contributed by atoms with Crippen molar-refractivity contribution in [2.24, 2.45) is 0 Å². The van der Waals surface area contributed by atoms with E-state index in [0.29, 0.717) is 0 Å². The van der Waals surface area contributed by atoms with Crippen molar-refractivity contribution in [2.75, 3.05) is 0 Å². The second kappa shape index (κ2) is 9.69. The molecule has 0 rings (SSSR count). The predicted octanol–water partition coefficient (Wildman–Crippen LogP) is 0.479. The first kappa shape index (κ1) is 10.4. The van der Waals surface area contributed by atoms with Gasteiger partial charge in [-0.25, -0.2) is 0 Å². The standard InChI is InChI=1S/Cu.2FH.Mo.3O/h;2*1H;;;;/q+2;;;;;;/p-2. The average Bonchev–Trinajstić information content (AvgIpc) is 1.33. The van der Waals surface area contributed by atoms with E-state index in [-0.39, 0.29) is 0 Å². The molecule has 0 fully saturated rings. The third kappa shape index (κ3) is 590. The summed E-state index contributed by atoms with van der Waals surface area (Å²) in [5.41, 5.74) is 0. The fraction of sp³-hybridized carbons (Fsp3) is 0. The van der Waals surface area contributed by atoms with E-state index in [2.05, 4.69) is 0 Å². The summed E-state index contributed by atoms with van der Waals surface area (Å²) in [4.78, 5) is 0. The van der Waals surface area contributed by atoms with Crippen LogP contribution in [0.2, 0.25) is 0 Å². The molecule has 3 nitrogen and oxygen atoms in total. The first-order chi connectivity index (χ1) is 3.15. The van der Waals surface area contributed by atoms with E-state index >= 15 is 0 Å². The molecule has 0 atom stereocenters. The second-order valence-electron chi connectivity index (χ2n) is 0.247. The second-order valence-corrected chi connectivity index (χ2v) is 1.39. The molecule has 0 unspecified atom stereocenters. The normalized spacial score (nSPS) is 6.57. The summed E-state index contributed by atoms with van der Waals surface area (Å²) in [5, 5.41) is 0. The molecule has 0 aliphatic rings. The quantitative estimate of drug-likeness (QED) is 0.583. The summed E-state index contributed by atoms with van der Waals surface area (Å²) in [5.74, 6) is 0. The van der Waals surface area contributed by atoms with Crippen molar-refractivity contribution in [1.82, 2.24) is 0 Å². The molecule has 49 valence electrons. The summed E-state index contributed by atoms with van der Waals surface area (Å²) in [6.45, 7) is 0. The molecule has 0 spiro atoms. The van der Waals surface area contributed by atoms with Crippen LogP contribution in [0.5, 0.6) is 0 Å². The van der Waals surface area contributed by atoms with Gasteiger partial charge in [-0.15, -0.1) is 0 Å². The molecule has 0 amide bonds. The molecule has 0 aliphatic carbocycles. The van der Waals surface area contributed by atoms with Gasteiger partial charge in [0.1, 0.15) is 0 Å². The minimum absolute atomic E-state index is 1.19. The van der Waals surface area contributed by atoms with E-state index in [1.165, 1.54) is 0 Å². The molecular formula is CuF2MoO3. The zero-order chi connectivity index (χ0) is 6.28. The number of rotatable bonds is 0. The Balaban J connectivity index is 0. The molecule has 0 aliphatic heterocycles. The Kier molecular flexibility index (Phi) is 14.5. The van der Waals surface area contributed by atoms with Crippen molar-refractivity contribution in [3.8, 4) is 0 Å². The molecule has 0 radical (unpaired) electrons. The Morgan fingerprint density at radius 3 is 1.14 bits per heavy atom. The zero-order valence-electron chi connectivity index (χ0n) is 2.69. The Morgan fingerprint density at radius 2 is 1.14 bits per heavy atom. The van der Waals surface area contributed by atoms with Crippen LogP contribution in [0.1, 0.15) is 0 Å². The zero-order valence-corrected chi connectivity index (χ0v) is 5.64. The van der Waals surface area contributed by atoms with Crippen LogP contribution in [0.3, 0.4) is 0 Å². The van der Waals surface area contributed by atoms with Crippen LogP contribution in [-0.2, 0) is 43.3 Å². The van der Waals surface area contributed by atoms with Gasteiger partial charge in [-0.05, 0) is 0 Å². The molecule has 7 heteroatoms. The third-order valence-electron chi connectivity index (χ3n) is 0. The summed E-state index contributed by atoms with van der Waals surface area (Å²) in [7, 11) is 0. The van der Waals surface area contributed by atoms with Gasteiger partial charge in [0, 0.05) is 0 Å². The van der Waals surface area contributed by atoms with Crippen molar-refractivity contribution in [2.45, 2.75) is 0 Å². The molecule has 7 heavy (non-hydrogen) atoms. The van der Waals surface area contributed by atoms with Crippen LogP contribution >= 0.6 is 0 Å². The molecule has 0 heterocycles. The van der Waals surface area contributed by atoms with Crippen molar-refractivity contribution in [3.05, 3.63) is 0 Å². The van der Waals surface area contributed by atoms with Gasteiger partial charge in [0.15, 0.2) is 0 Å². The van der Waals surface area contributed by atoms with Gasteiger partial charge in [0.2, 0.25) is 0 Å². The topological polar surface area (TPSA) is 51.2 Å². The van der Waals surface area contributed by atoms with Gasteiger partial charge >= 0.3 is 50.4 Å². The molecule has 0 saturated heterocycles. The van der Waals surface area contributed by atoms with Gasteiger partial charge in [-0.1, -0.05) is 0 Å². The molecule has 0 bridgehead atoms. The first-order valence-electron chi connectivity index (χ1n) is 0.728. The number of hydrogen-bond acceptors (Lipinski definition) is 3. The van der Waals surface area contributed by atoms with Crippen molar-refractivity contribution >= 4 is 0 Å². The molecule has 0 aromatic heterocycles. The van der Waals surface area contributed by atoms with Gasteiger partial charge < -0.3 is 0 Å². The van der Waals surface area contributed by atoms with E-state index in [9.17, 15) is 7.10 Å². The summed E-state index contributed by atoms with van der Waals surface area (Å²) in [6.07, 6.45) is 0. The Morgan fingerprint density at radius 1 is 1.14 bits per heavy atom. The molecule has 0 saturated carbocycles. The Hall–Kier alpha value is 0.468. The van der Waals surface area contributed by atoms with Crippen LogP contribution in [-0.4, -0.2) is 0 Å². The number of halogens is 2. The van der Waals surface area contributed by atoms with Gasteiger partial charge in [-0.2, -0.15) is 0 Å². The molecular weight excluding hydrogens is 245 g/mol. The fourth-order valence-corrected chi connectivity index (χ4v) is 0. The first-order valence-corrected chi connectivity index (χ1v) is 3.90. The monoisotopic (exact) mass is 247 g/mol. The Labute approximate surface area is 50.6 Å². The fourth-order valence-electron chi connectivity index (χ4n) is 0. The SMILES string of the molecule is [F][Cu][F].[O]=[Mo](=[O])=[O]. The molecule has 0 aromatic carbocycles. The Bertz CT molecular complexity index is 93.1. The summed E-state index contributed by atoms with van der Waals surface area (Å²) >= 11 is -5.29. The van der Waals surface area contributed by atoms with Crippen LogP contribution < -0.4 is 0 Å². The van der Waals surface area contributed by atoms with Crippen molar-refractivity contribution in [3.63, 3.8) is 0 Å². The predicted molar refractivity (Wildman–Crippen MR) is 4.28 cm³/mol. The van der Waals surface area contributed by atoms with E-state index in [4.69, 9.17) is 10.2 Å². The summed E-state index contributed by atoms with van der Waals surface area (Å²) in [6, 6.07) is 0. The van der Waals surface area contributed by atoms with Gasteiger partial charge in [0.25, 0.3) is 0 Å². The summed E-state index contributed by atoms with van der Waals surface area (Å²) < 4.78 is 44.8. The van der Waals surface area contributed by atoms with Gasteiger partial charge in [0.05, 0.1) is 0 Å². The van der Waals surface area contributed by atoms with Crippen LogP contribution in [0, 0.1) is 0 Å².